The van der Waals surface area contributed by atoms with E-state index in [4.69, 9.17) is 0 Å². The lowest BCUT2D eigenvalue weighted by Gasteiger charge is -1.91. The van der Waals surface area contributed by atoms with Gasteiger partial charge in [-0.25, -0.2) is 0 Å². The van der Waals surface area contributed by atoms with Crippen molar-refractivity contribution in [1.29, 1.82) is 0 Å². The molecular weight excluding hydrogens is 202 g/mol. The summed E-state index contributed by atoms with van der Waals surface area (Å²) in [6.07, 6.45) is 1.81. The smallest absolute Gasteiger partial charge is 0.0701 e. The minimum atomic E-state index is 0. The Morgan fingerprint density at radius 2 is 1.64 bits per heavy atom. The van der Waals surface area contributed by atoms with E-state index in [1.54, 1.807) is 0 Å². The molecule has 0 radical (unpaired) electrons. The Morgan fingerprint density at radius 1 is 0.909 bits per heavy atom. The van der Waals surface area contributed by atoms with Gasteiger partial charge in [-0.3, -0.25) is 4.98 Å². The third-order valence-electron chi connectivity index (χ3n) is 1.51. The Morgan fingerprint density at radius 3 is 2.45 bits per heavy atom. The van der Waals surface area contributed by atoms with Gasteiger partial charge in [0, 0.05) is 11.6 Å². The van der Waals surface area contributed by atoms with E-state index in [1.807, 2.05) is 30.5 Å². The number of aromatic nitrogens is 1. The fourth-order valence-corrected chi connectivity index (χ4v) is 1.02. The predicted molar refractivity (Wildman–Crippen MR) is 41.7 cm³/mol. The van der Waals surface area contributed by atoms with Crippen LogP contribution in [-0.2, 0) is 0 Å². The summed E-state index contributed by atoms with van der Waals surface area (Å²) < 4.78 is 0. The molecule has 56 valence electrons. The Kier molecular flexibility index (Phi) is 2.60. The number of rotatable bonds is 0. The average molecular weight is 209 g/mol. The van der Waals surface area contributed by atoms with Crippen LogP contribution in [0, 0.1) is 0 Å². The number of pyridine rings is 1. The molecule has 11 heavy (non-hydrogen) atoms. The molecule has 0 saturated carbocycles. The molecule has 1 nitrogen and oxygen atoms in total. The van der Waals surface area contributed by atoms with Crippen LogP contribution in [-0.4, -0.2) is 4.98 Å². The molecule has 0 aliphatic rings. The Balaban J connectivity index is 0.000000605. The zero-order valence-electron chi connectivity index (χ0n) is 5.87. The van der Waals surface area contributed by atoms with Gasteiger partial charge < -0.3 is 17.0 Å². The normalized spacial score (nSPS) is 9.09. The minimum absolute atomic E-state index is 0. The van der Waals surface area contributed by atoms with Gasteiger partial charge in [-0.05, 0) is 12.1 Å². The first-order valence-corrected chi connectivity index (χ1v) is 3.26. The first-order valence-electron chi connectivity index (χ1n) is 3.26. The summed E-state index contributed by atoms with van der Waals surface area (Å²) in [7, 11) is 0. The molecule has 2 aromatic rings. The molecule has 2 heteroatoms. The monoisotopic (exact) mass is 208 g/mol. The highest BCUT2D eigenvalue weighted by Crippen LogP contribution is 2.07. The van der Waals surface area contributed by atoms with Gasteiger partial charge in [-0.2, -0.15) is 0 Å². The van der Waals surface area contributed by atoms with Gasteiger partial charge in [-0.15, -0.1) is 0 Å². The second-order valence-corrected chi connectivity index (χ2v) is 2.20. The summed E-state index contributed by atoms with van der Waals surface area (Å²) in [5.41, 5.74) is 1.06. The summed E-state index contributed by atoms with van der Waals surface area (Å²) in [6.45, 7) is 0. The van der Waals surface area contributed by atoms with Crippen molar-refractivity contribution in [1.82, 2.24) is 4.98 Å². The maximum atomic E-state index is 4.18. The summed E-state index contributed by atoms with van der Waals surface area (Å²) in [5, 5.41) is 1.20. The molecule has 1 aromatic heterocycles. The van der Waals surface area contributed by atoms with E-state index >= 15 is 0 Å². The summed E-state index contributed by atoms with van der Waals surface area (Å²) in [5.74, 6) is 0. The molecule has 0 saturated heterocycles. The lowest BCUT2D eigenvalue weighted by atomic mass is 10.2. The molecule has 0 aliphatic heterocycles. The van der Waals surface area contributed by atoms with Gasteiger partial charge in [0.15, 0.2) is 0 Å². The average Bonchev–Trinajstić information content (AvgIpc) is 2.05. The fraction of sp³-hybridized carbons (Fsp3) is 0. The van der Waals surface area contributed by atoms with Crippen molar-refractivity contribution in [3.05, 3.63) is 42.6 Å². The van der Waals surface area contributed by atoms with E-state index in [-0.39, 0.29) is 17.0 Å². The van der Waals surface area contributed by atoms with Crippen LogP contribution in [0.3, 0.4) is 0 Å². The van der Waals surface area contributed by atoms with Crippen LogP contribution in [0.25, 0.3) is 10.9 Å². The highest BCUT2D eigenvalue weighted by Gasteiger charge is 1.86. The van der Waals surface area contributed by atoms with Crippen molar-refractivity contribution in [2.24, 2.45) is 0 Å². The number of para-hydroxylation sites is 1. The number of hydrogen-bond donors (Lipinski definition) is 0. The highest BCUT2D eigenvalue weighted by atomic mass is 79.9. The number of halogens is 1. The lowest BCUT2D eigenvalue weighted by molar-refractivity contribution is -0.00000200. The third kappa shape index (κ3) is 1.57. The van der Waals surface area contributed by atoms with Gasteiger partial charge in [0.1, 0.15) is 0 Å². The molecular formula is C9H7BrN-. The zero-order chi connectivity index (χ0) is 6.81. The molecule has 2 rings (SSSR count). The maximum absolute atomic E-state index is 4.18. The van der Waals surface area contributed by atoms with Crippen molar-refractivity contribution < 1.29 is 17.0 Å². The second kappa shape index (κ2) is 3.49. The number of nitrogens with zero attached hydrogens (tertiary/aromatic N) is 1. The Labute approximate surface area is 75.8 Å². The van der Waals surface area contributed by atoms with E-state index in [1.165, 1.54) is 5.39 Å². The summed E-state index contributed by atoms with van der Waals surface area (Å²) in [6, 6.07) is 12.1. The molecule has 0 aliphatic carbocycles. The van der Waals surface area contributed by atoms with Crippen LogP contribution in [0.1, 0.15) is 0 Å². The molecule has 0 unspecified atom stereocenters. The van der Waals surface area contributed by atoms with Gasteiger partial charge in [0.05, 0.1) is 5.52 Å². The van der Waals surface area contributed by atoms with Crippen LogP contribution in [0.4, 0.5) is 0 Å². The van der Waals surface area contributed by atoms with Crippen LogP contribution < -0.4 is 17.0 Å². The van der Waals surface area contributed by atoms with E-state index in [0.717, 1.165) is 5.52 Å². The topological polar surface area (TPSA) is 12.9 Å². The molecule has 1 heterocycles. The summed E-state index contributed by atoms with van der Waals surface area (Å²) >= 11 is 0. The second-order valence-electron chi connectivity index (χ2n) is 2.20. The van der Waals surface area contributed by atoms with E-state index in [0.29, 0.717) is 0 Å². The standard InChI is InChI=1S/C9H7N.BrH/c1-2-6-9-8(4-1)5-3-7-10-9;/h1-7H;1H/p-1. The first-order chi connectivity index (χ1) is 4.97. The molecule has 0 bridgehead atoms. The quantitative estimate of drug-likeness (QED) is 0.555. The Hall–Kier alpha value is -0.890. The number of hydrogen-bond acceptors (Lipinski definition) is 1. The molecule has 0 amide bonds. The molecule has 0 fully saturated rings. The first kappa shape index (κ1) is 8.21. The fourth-order valence-electron chi connectivity index (χ4n) is 1.02. The molecule has 0 N–H and O–H groups in total. The zero-order valence-corrected chi connectivity index (χ0v) is 7.45. The van der Waals surface area contributed by atoms with Gasteiger partial charge in [0.25, 0.3) is 0 Å². The number of benzene rings is 1. The van der Waals surface area contributed by atoms with E-state index in [2.05, 4.69) is 17.1 Å². The minimum Gasteiger partial charge on any atom is -1.00 e. The SMILES string of the molecule is [Br-].c1ccc2ncccc2c1. The van der Waals surface area contributed by atoms with E-state index in [9.17, 15) is 0 Å². The van der Waals surface area contributed by atoms with Crippen LogP contribution >= 0.6 is 0 Å². The molecule has 1 aromatic carbocycles. The Bertz CT molecular complexity index is 281. The van der Waals surface area contributed by atoms with E-state index < -0.39 is 0 Å². The van der Waals surface area contributed by atoms with Gasteiger partial charge in [0.2, 0.25) is 0 Å². The van der Waals surface area contributed by atoms with Crippen molar-refractivity contribution in [3.8, 4) is 0 Å². The lowest BCUT2D eigenvalue weighted by Crippen LogP contribution is -3.00. The summed E-state index contributed by atoms with van der Waals surface area (Å²) in [4.78, 5) is 4.18. The van der Waals surface area contributed by atoms with Crippen molar-refractivity contribution in [2.75, 3.05) is 0 Å². The van der Waals surface area contributed by atoms with Crippen molar-refractivity contribution in [2.45, 2.75) is 0 Å². The van der Waals surface area contributed by atoms with Crippen LogP contribution in [0.2, 0.25) is 0 Å². The third-order valence-corrected chi connectivity index (χ3v) is 1.51. The van der Waals surface area contributed by atoms with Gasteiger partial charge >= 0.3 is 0 Å². The highest BCUT2D eigenvalue weighted by molar-refractivity contribution is 5.77. The molecule has 0 spiro atoms. The predicted octanol–water partition coefficient (Wildman–Crippen LogP) is -0.761. The van der Waals surface area contributed by atoms with Crippen LogP contribution in [0.15, 0.2) is 42.6 Å². The maximum Gasteiger partial charge on any atom is 0.0701 e. The molecule has 0 atom stereocenters. The van der Waals surface area contributed by atoms with Crippen molar-refractivity contribution in [3.63, 3.8) is 0 Å². The van der Waals surface area contributed by atoms with Gasteiger partial charge in [-0.1, -0.05) is 24.3 Å². The largest absolute Gasteiger partial charge is 1.00 e. The van der Waals surface area contributed by atoms with Crippen molar-refractivity contribution >= 4 is 10.9 Å². The number of fused-ring (bicyclic) bond motifs is 1. The van der Waals surface area contributed by atoms with Crippen LogP contribution in [0.5, 0.6) is 0 Å².